The average Bonchev–Trinajstić information content (AvgIpc) is 2.89. The van der Waals surface area contributed by atoms with Gasteiger partial charge in [0.1, 0.15) is 5.75 Å². The fraction of sp³-hybridized carbons (Fsp3) is 0.469. The molecule has 38 heavy (non-hydrogen) atoms. The van der Waals surface area contributed by atoms with Gasteiger partial charge in [0.25, 0.3) is 0 Å². The van der Waals surface area contributed by atoms with E-state index in [9.17, 15) is 15.0 Å². The number of carbonyl (C=O) groups excluding carboxylic acids is 1. The van der Waals surface area contributed by atoms with Gasteiger partial charge in [0, 0.05) is 5.56 Å². The molecule has 0 saturated heterocycles. The largest absolute Gasteiger partial charge is 0.508 e. The van der Waals surface area contributed by atoms with Gasteiger partial charge in [-0.3, -0.25) is 4.79 Å². The van der Waals surface area contributed by atoms with E-state index in [4.69, 9.17) is 9.97 Å². The first-order valence-corrected chi connectivity index (χ1v) is 14.2. The minimum Gasteiger partial charge on any atom is -0.508 e. The van der Waals surface area contributed by atoms with Gasteiger partial charge in [0.05, 0.1) is 30.1 Å². The summed E-state index contributed by atoms with van der Waals surface area (Å²) in [4.78, 5) is 23.5. The van der Waals surface area contributed by atoms with Crippen LogP contribution in [0.1, 0.15) is 66.6 Å². The second-order valence-electron chi connectivity index (χ2n) is 12.4. The molecule has 196 valence electrons. The van der Waals surface area contributed by atoms with Gasteiger partial charge < -0.3 is 15.5 Å². The topological polar surface area (TPSA) is 95.3 Å². The number of anilines is 1. The van der Waals surface area contributed by atoms with Crippen molar-refractivity contribution in [3.63, 3.8) is 0 Å². The summed E-state index contributed by atoms with van der Waals surface area (Å²) >= 11 is 0. The standard InChI is InChI=1S/C32H35N3O3/c36-18-20-3-7-26-24(12-20)4-8-27-30(26)33-28(17-32-14-21-9-22(15-32)11-23(10-21)16-32)31(34-27)35-29(38)13-19-1-5-25(37)6-2-19/h1-3,5-7,12,21-23,36-37H,4,8-11,13-18H2,(H,34,35,38). The summed E-state index contributed by atoms with van der Waals surface area (Å²) in [6.45, 7) is 0.0368. The third-order valence-electron chi connectivity index (χ3n) is 9.55. The van der Waals surface area contributed by atoms with Crippen LogP contribution in [0.15, 0.2) is 42.5 Å². The van der Waals surface area contributed by atoms with Gasteiger partial charge in [0.2, 0.25) is 5.91 Å². The third kappa shape index (κ3) is 4.39. The molecule has 4 bridgehead atoms. The van der Waals surface area contributed by atoms with Crippen molar-refractivity contribution < 1.29 is 15.0 Å². The molecule has 3 N–H and O–H groups in total. The van der Waals surface area contributed by atoms with E-state index in [1.54, 1.807) is 24.3 Å². The first-order chi connectivity index (χ1) is 18.4. The molecular weight excluding hydrogens is 474 g/mol. The molecule has 0 unspecified atom stereocenters. The predicted octanol–water partition coefficient (Wildman–Crippen LogP) is 5.38. The molecule has 1 aromatic heterocycles. The molecular formula is C32H35N3O3. The third-order valence-corrected chi connectivity index (χ3v) is 9.55. The van der Waals surface area contributed by atoms with Gasteiger partial charge in [-0.05, 0) is 110 Å². The van der Waals surface area contributed by atoms with Gasteiger partial charge in [-0.25, -0.2) is 9.97 Å². The number of phenols is 1. The Morgan fingerprint density at radius 3 is 2.29 bits per heavy atom. The highest BCUT2D eigenvalue weighted by Crippen LogP contribution is 2.61. The fourth-order valence-electron chi connectivity index (χ4n) is 8.39. The molecule has 0 aliphatic heterocycles. The zero-order chi connectivity index (χ0) is 25.9. The van der Waals surface area contributed by atoms with Crippen LogP contribution in [0, 0.1) is 23.2 Å². The lowest BCUT2D eigenvalue weighted by Gasteiger charge is -2.57. The van der Waals surface area contributed by atoms with Crippen molar-refractivity contribution in [1.82, 2.24) is 9.97 Å². The molecule has 1 heterocycles. The summed E-state index contributed by atoms with van der Waals surface area (Å²) in [7, 11) is 0. The van der Waals surface area contributed by atoms with Crippen molar-refractivity contribution in [2.24, 2.45) is 23.2 Å². The van der Waals surface area contributed by atoms with E-state index >= 15 is 0 Å². The van der Waals surface area contributed by atoms with Crippen LogP contribution in [0.2, 0.25) is 0 Å². The second-order valence-corrected chi connectivity index (χ2v) is 12.4. The summed E-state index contributed by atoms with van der Waals surface area (Å²) in [5, 5.41) is 22.4. The van der Waals surface area contributed by atoms with Gasteiger partial charge in [0.15, 0.2) is 5.82 Å². The lowest BCUT2D eigenvalue weighted by molar-refractivity contribution is -0.115. The van der Waals surface area contributed by atoms with Crippen molar-refractivity contribution in [3.8, 4) is 17.0 Å². The van der Waals surface area contributed by atoms with E-state index in [1.165, 1.54) is 44.1 Å². The maximum absolute atomic E-state index is 13.2. The molecule has 5 aliphatic carbocycles. The highest BCUT2D eigenvalue weighted by Gasteiger charge is 2.51. The monoisotopic (exact) mass is 509 g/mol. The number of aryl methyl sites for hydroxylation is 2. The first kappa shape index (κ1) is 23.8. The van der Waals surface area contributed by atoms with Crippen molar-refractivity contribution in [1.29, 1.82) is 0 Å². The second kappa shape index (κ2) is 9.19. The van der Waals surface area contributed by atoms with E-state index in [0.717, 1.165) is 70.8 Å². The number of carbonyl (C=O) groups is 1. The molecule has 1 amide bonds. The van der Waals surface area contributed by atoms with Crippen LogP contribution in [0.4, 0.5) is 5.82 Å². The highest BCUT2D eigenvalue weighted by molar-refractivity contribution is 5.92. The summed E-state index contributed by atoms with van der Waals surface area (Å²) in [5.74, 6) is 3.24. The van der Waals surface area contributed by atoms with E-state index in [0.29, 0.717) is 5.82 Å². The van der Waals surface area contributed by atoms with Gasteiger partial charge >= 0.3 is 0 Å². The lowest BCUT2D eigenvalue weighted by atomic mass is 9.48. The number of aromatic nitrogens is 2. The summed E-state index contributed by atoms with van der Waals surface area (Å²) in [5.41, 5.74) is 7.15. The number of aliphatic hydroxyl groups is 1. The molecule has 2 aromatic carbocycles. The lowest BCUT2D eigenvalue weighted by Crippen LogP contribution is -2.47. The Labute approximate surface area is 223 Å². The molecule has 0 radical (unpaired) electrons. The molecule has 8 rings (SSSR count). The molecule has 0 spiro atoms. The molecule has 0 atom stereocenters. The molecule has 3 aromatic rings. The quantitative estimate of drug-likeness (QED) is 0.415. The molecule has 4 fully saturated rings. The highest BCUT2D eigenvalue weighted by atomic mass is 16.3. The zero-order valence-electron chi connectivity index (χ0n) is 21.7. The number of rotatable bonds is 6. The summed E-state index contributed by atoms with van der Waals surface area (Å²) in [6.07, 6.45) is 10.7. The number of amides is 1. The number of phenolic OH excluding ortho intramolecular Hbond substituents is 1. The molecule has 6 heteroatoms. The smallest absolute Gasteiger partial charge is 0.229 e. The summed E-state index contributed by atoms with van der Waals surface area (Å²) < 4.78 is 0. The van der Waals surface area contributed by atoms with Crippen LogP contribution >= 0.6 is 0 Å². The molecule has 4 saturated carbocycles. The number of aromatic hydroxyl groups is 1. The van der Waals surface area contributed by atoms with Crippen molar-refractivity contribution in [2.45, 2.75) is 70.8 Å². The van der Waals surface area contributed by atoms with Crippen molar-refractivity contribution >= 4 is 11.7 Å². The number of hydrogen-bond donors (Lipinski definition) is 3. The van der Waals surface area contributed by atoms with Crippen LogP contribution in [0.3, 0.4) is 0 Å². The Bertz CT molecular complexity index is 1360. The molecule has 5 aliphatic rings. The van der Waals surface area contributed by atoms with Gasteiger partial charge in [-0.1, -0.05) is 30.3 Å². The van der Waals surface area contributed by atoms with Crippen LogP contribution in [0.5, 0.6) is 5.75 Å². The molecule has 6 nitrogen and oxygen atoms in total. The Kier molecular flexibility index (Phi) is 5.77. The van der Waals surface area contributed by atoms with E-state index in [1.807, 2.05) is 6.07 Å². The van der Waals surface area contributed by atoms with Crippen LogP contribution in [-0.4, -0.2) is 26.1 Å². The Morgan fingerprint density at radius 2 is 1.61 bits per heavy atom. The van der Waals surface area contributed by atoms with E-state index in [2.05, 4.69) is 17.4 Å². The number of nitrogens with zero attached hydrogens (tertiary/aromatic N) is 2. The number of nitrogens with one attached hydrogen (secondary N) is 1. The van der Waals surface area contributed by atoms with E-state index in [-0.39, 0.29) is 30.1 Å². The maximum Gasteiger partial charge on any atom is 0.229 e. The Hall–Kier alpha value is -3.25. The van der Waals surface area contributed by atoms with Crippen LogP contribution in [-0.2, 0) is 37.1 Å². The number of hydrogen-bond acceptors (Lipinski definition) is 5. The number of benzene rings is 2. The van der Waals surface area contributed by atoms with E-state index < -0.39 is 0 Å². The maximum atomic E-state index is 13.2. The summed E-state index contributed by atoms with van der Waals surface area (Å²) in [6, 6.07) is 12.9. The van der Waals surface area contributed by atoms with Crippen molar-refractivity contribution in [2.75, 3.05) is 5.32 Å². The van der Waals surface area contributed by atoms with Crippen molar-refractivity contribution in [3.05, 3.63) is 70.5 Å². The van der Waals surface area contributed by atoms with Gasteiger partial charge in [-0.2, -0.15) is 0 Å². The van der Waals surface area contributed by atoms with Crippen LogP contribution < -0.4 is 5.32 Å². The number of aliphatic hydroxyl groups excluding tert-OH is 1. The van der Waals surface area contributed by atoms with Gasteiger partial charge in [-0.15, -0.1) is 0 Å². The first-order valence-electron chi connectivity index (χ1n) is 14.2. The SMILES string of the molecule is O=C(Cc1ccc(O)cc1)Nc1nc2c(nc1CC13CC4CC(CC(C4)C1)C3)-c1ccc(CO)cc1CC2. The predicted molar refractivity (Wildman–Crippen MR) is 146 cm³/mol. The number of fused-ring (bicyclic) bond motifs is 3. The Morgan fingerprint density at radius 1 is 0.921 bits per heavy atom. The van der Waals surface area contributed by atoms with Crippen LogP contribution in [0.25, 0.3) is 11.3 Å². The minimum atomic E-state index is -0.111. The zero-order valence-corrected chi connectivity index (χ0v) is 21.7. The average molecular weight is 510 g/mol. The fourth-order valence-corrected chi connectivity index (χ4v) is 8.39. The Balaban J connectivity index is 1.24. The normalized spacial score (nSPS) is 26.6. The minimum absolute atomic E-state index is 0.0368.